The van der Waals surface area contributed by atoms with E-state index in [1.807, 2.05) is 52.0 Å². The van der Waals surface area contributed by atoms with Crippen LogP contribution in [0.2, 0.25) is 5.54 Å². The number of carboxylic acid groups (broad SMARTS) is 1. The van der Waals surface area contributed by atoms with Crippen molar-refractivity contribution in [3.05, 3.63) is 41.0 Å². The van der Waals surface area contributed by atoms with Crippen molar-refractivity contribution in [2.24, 2.45) is 5.41 Å². The molecule has 1 aromatic carbocycles. The van der Waals surface area contributed by atoms with E-state index in [1.165, 1.54) is 16.2 Å². The molecule has 2 aromatic rings. The summed E-state index contributed by atoms with van der Waals surface area (Å²) in [7, 11) is -0.413. The zero-order chi connectivity index (χ0) is 31.5. The Hall–Kier alpha value is -3.20. The molecule has 14 heteroatoms. The number of carboxylic acids is 1. The summed E-state index contributed by atoms with van der Waals surface area (Å²) in [5, 5.41) is 22.4. The van der Waals surface area contributed by atoms with Crippen LogP contribution in [-0.4, -0.2) is 91.0 Å². The van der Waals surface area contributed by atoms with Crippen LogP contribution in [0.5, 0.6) is 0 Å². The van der Waals surface area contributed by atoms with Gasteiger partial charge >= 0.3 is 5.97 Å². The van der Waals surface area contributed by atoms with Gasteiger partial charge in [0.2, 0.25) is 17.7 Å². The van der Waals surface area contributed by atoms with Crippen LogP contribution in [0.25, 0.3) is 10.4 Å². The first-order chi connectivity index (χ1) is 20.2. The summed E-state index contributed by atoms with van der Waals surface area (Å²) in [5.74, 6) is -2.84. The Labute approximate surface area is 256 Å². The van der Waals surface area contributed by atoms with Gasteiger partial charge in [-0.2, -0.15) is 0 Å². The Bertz CT molecular complexity index is 1350. The van der Waals surface area contributed by atoms with Crippen LogP contribution in [0.1, 0.15) is 57.3 Å². The van der Waals surface area contributed by atoms with Gasteiger partial charge in [0.05, 0.1) is 40.4 Å². The number of hydrogen-bond acceptors (Lipinski definition) is 8. The van der Waals surface area contributed by atoms with E-state index >= 15 is 0 Å². The normalized spacial score (nSPS) is 20.7. The third-order valence-corrected chi connectivity index (χ3v) is 10.3. The Morgan fingerprint density at radius 3 is 2.47 bits per heavy atom. The number of nitrogens with zero attached hydrogens (tertiary/aromatic N) is 2. The largest absolute Gasteiger partial charge is 0.480 e. The molecule has 0 spiro atoms. The third-order valence-electron chi connectivity index (χ3n) is 7.55. The summed E-state index contributed by atoms with van der Waals surface area (Å²) in [4.78, 5) is 60.0. The second-order valence-electron chi connectivity index (χ2n) is 12.1. The average molecular weight is 633 g/mol. The van der Waals surface area contributed by atoms with E-state index in [-0.39, 0.29) is 32.4 Å². The lowest BCUT2D eigenvalue weighted by atomic mass is 9.90. The third kappa shape index (κ3) is 8.05. The predicted octanol–water partition coefficient (Wildman–Crippen LogP) is 2.41. The molecule has 1 aliphatic carbocycles. The van der Waals surface area contributed by atoms with E-state index in [0.29, 0.717) is 5.56 Å². The molecule has 232 valence electrons. The van der Waals surface area contributed by atoms with E-state index < -0.39 is 74.8 Å². The van der Waals surface area contributed by atoms with Gasteiger partial charge < -0.3 is 30.1 Å². The predicted molar refractivity (Wildman–Crippen MR) is 158 cm³/mol. The number of ether oxygens (including phenoxy) is 1. The highest BCUT2D eigenvalue weighted by Gasteiger charge is 2.51. The molecule has 4 rings (SSSR count). The molecule has 4 N–H and O–H groups in total. The first kappa shape index (κ1) is 32.7. The molecule has 2 heterocycles. The smallest absolute Gasteiger partial charge is 0.329 e. The number of hydrogen-bond donors (Lipinski definition) is 4. The quantitative estimate of drug-likeness (QED) is 0.260. The summed E-state index contributed by atoms with van der Waals surface area (Å²) in [6.07, 6.45) is -0.627. The number of halogens is 1. The van der Waals surface area contributed by atoms with Crippen molar-refractivity contribution in [3.63, 3.8) is 0 Å². The molecule has 1 aromatic heterocycles. The minimum Gasteiger partial charge on any atom is -0.480 e. The number of aliphatic hydroxyl groups excluding tert-OH is 1. The first-order valence-corrected chi connectivity index (χ1v) is 16.0. The number of likely N-dealkylation sites (tertiary alicyclic amines) is 1. The molecule has 43 heavy (non-hydrogen) atoms. The number of thiazole rings is 1. The van der Waals surface area contributed by atoms with Gasteiger partial charge in [-0.15, -0.1) is 11.3 Å². The maximum Gasteiger partial charge on any atom is 0.329 e. The number of nitrogens with one attached hydrogen (secondary N) is 2. The molecular formula is C29H37FN4O7SSi. The van der Waals surface area contributed by atoms with Crippen molar-refractivity contribution in [1.29, 1.82) is 0 Å². The molecular weight excluding hydrogens is 595 g/mol. The summed E-state index contributed by atoms with van der Waals surface area (Å²) < 4.78 is 19.6. The number of carbonyl (C=O) groups excluding carboxylic acids is 3. The molecule has 1 saturated heterocycles. The van der Waals surface area contributed by atoms with Gasteiger partial charge in [0.15, 0.2) is 15.3 Å². The van der Waals surface area contributed by atoms with Gasteiger partial charge in [-0.05, 0) is 36.3 Å². The Morgan fingerprint density at radius 1 is 1.23 bits per heavy atom. The Balaban J connectivity index is 1.51. The van der Waals surface area contributed by atoms with Crippen LogP contribution in [0.4, 0.5) is 4.39 Å². The Kier molecular flexibility index (Phi) is 10.0. The zero-order valence-electron chi connectivity index (χ0n) is 24.6. The lowest BCUT2D eigenvalue weighted by Crippen LogP contribution is -2.52. The van der Waals surface area contributed by atoms with Crippen molar-refractivity contribution in [2.45, 2.75) is 76.4 Å². The van der Waals surface area contributed by atoms with Gasteiger partial charge in [-0.1, -0.05) is 45.0 Å². The highest BCUT2D eigenvalue weighted by molar-refractivity contribution is 7.13. The molecule has 1 aliphatic heterocycles. The molecule has 4 atom stereocenters. The number of carbonyl (C=O) groups is 4. The number of rotatable bonds is 12. The minimum atomic E-state index is -1.87. The molecule has 1 unspecified atom stereocenters. The van der Waals surface area contributed by atoms with Crippen LogP contribution in [0, 0.1) is 12.3 Å². The number of β-amino-alcohol motifs (C(OH)–C–C–N with tert-alkyl or cyclic N) is 1. The van der Waals surface area contributed by atoms with Crippen molar-refractivity contribution < 1.29 is 38.5 Å². The Morgan fingerprint density at radius 2 is 1.91 bits per heavy atom. The fraction of sp³-hybridized carbons (Fsp3) is 0.552. The van der Waals surface area contributed by atoms with E-state index in [9.17, 15) is 28.7 Å². The second-order valence-corrected chi connectivity index (χ2v) is 14.1. The summed E-state index contributed by atoms with van der Waals surface area (Å²) in [6, 6.07) is 5.64. The van der Waals surface area contributed by atoms with Gasteiger partial charge in [-0.25, -0.2) is 14.2 Å². The van der Waals surface area contributed by atoms with Crippen molar-refractivity contribution in [1.82, 2.24) is 20.2 Å². The van der Waals surface area contributed by atoms with Gasteiger partial charge in [0.25, 0.3) is 0 Å². The van der Waals surface area contributed by atoms with Gasteiger partial charge in [0.1, 0.15) is 12.6 Å². The molecule has 2 aliphatic rings. The molecule has 0 bridgehead atoms. The SMILES string of the molecule is Cc1ncsc1-c1ccc(C(COCC(=O)O)NC(=O)[C@@H]2C[C@@H](O)CN2C(=O)[C@@H]([Si]NC(=O)C2(F)CC2)C(C)(C)C)cc1. The van der Waals surface area contributed by atoms with E-state index in [0.717, 1.165) is 16.1 Å². The maximum absolute atomic E-state index is 14.2. The lowest BCUT2D eigenvalue weighted by molar-refractivity contribution is -0.143. The molecule has 3 amide bonds. The molecule has 11 nitrogen and oxygen atoms in total. The van der Waals surface area contributed by atoms with E-state index in [4.69, 9.17) is 9.84 Å². The molecule has 2 fully saturated rings. The molecule has 2 radical (unpaired) electrons. The highest BCUT2D eigenvalue weighted by atomic mass is 32.1. The number of alkyl halides is 1. The maximum atomic E-state index is 14.2. The van der Waals surface area contributed by atoms with E-state index in [2.05, 4.69) is 15.3 Å². The van der Waals surface area contributed by atoms with Crippen LogP contribution in [0.15, 0.2) is 29.8 Å². The molecule has 1 saturated carbocycles. The van der Waals surface area contributed by atoms with Gasteiger partial charge in [-0.3, -0.25) is 14.4 Å². The lowest BCUT2D eigenvalue weighted by Gasteiger charge is -2.35. The number of amides is 3. The number of aromatic nitrogens is 1. The van der Waals surface area contributed by atoms with Crippen LogP contribution < -0.4 is 10.3 Å². The summed E-state index contributed by atoms with van der Waals surface area (Å²) >= 11 is 1.50. The fourth-order valence-corrected chi connectivity index (χ4v) is 6.94. The van der Waals surface area contributed by atoms with Crippen LogP contribution >= 0.6 is 11.3 Å². The second kappa shape index (κ2) is 13.2. The number of aliphatic hydroxyl groups is 1. The van der Waals surface area contributed by atoms with Crippen molar-refractivity contribution in [2.75, 3.05) is 19.8 Å². The highest BCUT2D eigenvalue weighted by Crippen LogP contribution is 2.40. The first-order valence-electron chi connectivity index (χ1n) is 14.0. The van der Waals surface area contributed by atoms with Crippen molar-refractivity contribution >= 4 is 44.7 Å². The van der Waals surface area contributed by atoms with E-state index in [1.54, 1.807) is 5.51 Å². The fourth-order valence-electron chi connectivity index (χ4n) is 4.91. The van der Waals surface area contributed by atoms with Crippen molar-refractivity contribution in [3.8, 4) is 10.4 Å². The zero-order valence-corrected chi connectivity index (χ0v) is 26.4. The summed E-state index contributed by atoms with van der Waals surface area (Å²) in [5.41, 5.74) is 0.999. The number of benzene rings is 1. The number of aliphatic carboxylic acids is 1. The minimum absolute atomic E-state index is 0.00376. The number of aryl methyl sites for hydroxylation is 1. The monoisotopic (exact) mass is 632 g/mol. The van der Waals surface area contributed by atoms with Crippen LogP contribution in [0.3, 0.4) is 0 Å². The topological polar surface area (TPSA) is 158 Å². The average Bonchev–Trinajstić information content (AvgIpc) is 3.34. The summed E-state index contributed by atoms with van der Waals surface area (Å²) in [6.45, 7) is 6.62. The van der Waals surface area contributed by atoms with Gasteiger partial charge in [0, 0.05) is 13.0 Å². The standard InChI is InChI=1S/C29H37FN4O7SSi/c1-16-23(42-15-31-16)18-7-5-17(6-8-18)20(13-41-14-22(36)37)32-25(38)21-11-19(35)12-34(21)26(39)24(28(2,3)4)43-33-27(40)29(30)9-10-29/h5-8,15,19-21,24,35H,9-14H2,1-4H3,(H,32,38)(H,33,40)(H,36,37)/t19-,20?,21+,24-/m1/s1. The van der Waals surface area contributed by atoms with Crippen LogP contribution in [-0.2, 0) is 23.9 Å².